The predicted octanol–water partition coefficient (Wildman–Crippen LogP) is 3.76. The van der Waals surface area contributed by atoms with Crippen LogP contribution in [0.5, 0.6) is 0 Å². The first kappa shape index (κ1) is 17.1. The van der Waals surface area contributed by atoms with Gasteiger partial charge in [0, 0.05) is 0 Å². The minimum Gasteiger partial charge on any atom is -0.335 e. The third-order valence-corrected chi connectivity index (χ3v) is 5.59. The van der Waals surface area contributed by atoms with Gasteiger partial charge in [0.25, 0.3) is 0 Å². The number of amides is 1. The summed E-state index contributed by atoms with van der Waals surface area (Å²) in [6.45, 7) is 0. The number of anilines is 1. The van der Waals surface area contributed by atoms with E-state index in [-0.39, 0.29) is 11.7 Å². The lowest BCUT2D eigenvalue weighted by Crippen LogP contribution is -2.16. The smallest absolute Gasteiger partial charge is 0.234 e. The molecule has 2 aromatic heterocycles. The molecule has 0 spiro atoms. The standard InChI is InChI=1S/C14H11Cl2N5OS2/c15-8-3-1-4-9(12(8)16)18-11(22)7-24-14-20-19-13(21(14)17)10-5-2-6-23-10/h1-6H,7,17H2,(H,18,22). The zero-order chi connectivity index (χ0) is 17.1. The summed E-state index contributed by atoms with van der Waals surface area (Å²) in [5.41, 5.74) is 0.461. The van der Waals surface area contributed by atoms with Crippen LogP contribution < -0.4 is 11.2 Å². The van der Waals surface area contributed by atoms with Gasteiger partial charge in [0.2, 0.25) is 11.1 Å². The number of rotatable bonds is 5. The fraction of sp³-hybridized carbons (Fsp3) is 0.0714. The molecule has 0 fully saturated rings. The molecule has 1 amide bonds. The van der Waals surface area contributed by atoms with Crippen LogP contribution in [-0.4, -0.2) is 26.5 Å². The minimum atomic E-state index is -0.246. The number of aromatic nitrogens is 3. The molecule has 0 aliphatic heterocycles. The molecule has 6 nitrogen and oxygen atoms in total. The summed E-state index contributed by atoms with van der Waals surface area (Å²) in [5, 5.41) is 13.8. The van der Waals surface area contributed by atoms with Crippen molar-refractivity contribution in [3.63, 3.8) is 0 Å². The van der Waals surface area contributed by atoms with Gasteiger partial charge in [-0.2, -0.15) is 0 Å². The van der Waals surface area contributed by atoms with Crippen LogP contribution in [0.3, 0.4) is 0 Å². The summed E-state index contributed by atoms with van der Waals surface area (Å²) in [6, 6.07) is 8.85. The van der Waals surface area contributed by atoms with E-state index >= 15 is 0 Å². The Morgan fingerprint density at radius 3 is 2.88 bits per heavy atom. The number of nitrogens with zero attached hydrogens (tertiary/aromatic N) is 3. The van der Waals surface area contributed by atoms with Crippen molar-refractivity contribution in [2.45, 2.75) is 5.16 Å². The molecular weight excluding hydrogens is 389 g/mol. The summed E-state index contributed by atoms with van der Waals surface area (Å²) in [5.74, 6) is 6.41. The van der Waals surface area contributed by atoms with E-state index < -0.39 is 0 Å². The number of hydrogen-bond acceptors (Lipinski definition) is 6. The number of carbonyl (C=O) groups is 1. The zero-order valence-electron chi connectivity index (χ0n) is 12.1. The second-order valence-electron chi connectivity index (χ2n) is 4.59. The Morgan fingerprint density at radius 2 is 2.12 bits per heavy atom. The van der Waals surface area contributed by atoms with Gasteiger partial charge in [0.05, 0.1) is 26.4 Å². The highest BCUT2D eigenvalue weighted by atomic mass is 35.5. The molecule has 0 saturated heterocycles. The molecule has 1 aromatic carbocycles. The van der Waals surface area contributed by atoms with E-state index in [1.165, 1.54) is 27.8 Å². The molecule has 24 heavy (non-hydrogen) atoms. The van der Waals surface area contributed by atoms with Gasteiger partial charge in [0.1, 0.15) is 0 Å². The molecule has 0 aliphatic carbocycles. The van der Waals surface area contributed by atoms with Gasteiger partial charge in [-0.1, -0.05) is 47.1 Å². The fourth-order valence-electron chi connectivity index (χ4n) is 1.87. The Kier molecular flexibility index (Phi) is 5.30. The van der Waals surface area contributed by atoms with Gasteiger partial charge in [-0.15, -0.1) is 21.5 Å². The third kappa shape index (κ3) is 3.67. The van der Waals surface area contributed by atoms with Gasteiger partial charge in [-0.3, -0.25) is 4.79 Å². The van der Waals surface area contributed by atoms with Crippen molar-refractivity contribution in [3.05, 3.63) is 45.8 Å². The van der Waals surface area contributed by atoms with Crippen molar-refractivity contribution in [2.24, 2.45) is 0 Å². The zero-order valence-corrected chi connectivity index (χ0v) is 15.2. The largest absolute Gasteiger partial charge is 0.335 e. The predicted molar refractivity (Wildman–Crippen MR) is 99.3 cm³/mol. The van der Waals surface area contributed by atoms with Crippen molar-refractivity contribution in [1.29, 1.82) is 0 Å². The molecule has 0 aliphatic rings. The van der Waals surface area contributed by atoms with E-state index in [1.807, 2.05) is 17.5 Å². The molecule has 0 saturated carbocycles. The number of thiophene rings is 1. The summed E-state index contributed by atoms with van der Waals surface area (Å²) in [7, 11) is 0. The average molecular weight is 400 g/mol. The van der Waals surface area contributed by atoms with E-state index in [9.17, 15) is 4.79 Å². The van der Waals surface area contributed by atoms with E-state index in [1.54, 1.807) is 18.2 Å². The Balaban J connectivity index is 1.64. The second-order valence-corrected chi connectivity index (χ2v) is 7.27. The molecule has 0 atom stereocenters. The van der Waals surface area contributed by atoms with E-state index in [4.69, 9.17) is 29.0 Å². The highest BCUT2D eigenvalue weighted by molar-refractivity contribution is 7.99. The molecule has 0 radical (unpaired) electrons. The number of nitrogens with two attached hydrogens (primary N) is 1. The van der Waals surface area contributed by atoms with Crippen LogP contribution in [0.4, 0.5) is 5.69 Å². The van der Waals surface area contributed by atoms with E-state index in [0.29, 0.717) is 26.7 Å². The van der Waals surface area contributed by atoms with Gasteiger partial charge >= 0.3 is 0 Å². The quantitative estimate of drug-likeness (QED) is 0.503. The maximum absolute atomic E-state index is 12.1. The van der Waals surface area contributed by atoms with E-state index in [0.717, 1.165) is 4.88 Å². The number of benzene rings is 1. The van der Waals surface area contributed by atoms with Crippen LogP contribution in [0, 0.1) is 0 Å². The van der Waals surface area contributed by atoms with Crippen LogP contribution in [0.2, 0.25) is 10.0 Å². The van der Waals surface area contributed by atoms with Crippen LogP contribution in [0.1, 0.15) is 0 Å². The normalized spacial score (nSPS) is 10.8. The molecule has 0 bridgehead atoms. The average Bonchev–Trinajstić information content (AvgIpc) is 3.19. The Bertz CT molecular complexity index is 866. The van der Waals surface area contributed by atoms with Gasteiger partial charge < -0.3 is 11.2 Å². The molecular formula is C14H11Cl2N5OS2. The summed E-state index contributed by atoms with van der Waals surface area (Å²) in [6.07, 6.45) is 0. The Morgan fingerprint density at radius 1 is 1.29 bits per heavy atom. The molecule has 3 N–H and O–H groups in total. The minimum absolute atomic E-state index is 0.114. The topological polar surface area (TPSA) is 85.8 Å². The van der Waals surface area contributed by atoms with Gasteiger partial charge in [-0.25, -0.2) is 4.68 Å². The highest BCUT2D eigenvalue weighted by Crippen LogP contribution is 2.30. The number of nitrogens with one attached hydrogen (secondary N) is 1. The highest BCUT2D eigenvalue weighted by Gasteiger charge is 2.15. The first-order chi connectivity index (χ1) is 11.6. The summed E-state index contributed by atoms with van der Waals surface area (Å²) in [4.78, 5) is 13.0. The van der Waals surface area contributed by atoms with Gasteiger partial charge in [0.15, 0.2) is 5.82 Å². The molecule has 0 unspecified atom stereocenters. The molecule has 2 heterocycles. The van der Waals surface area contributed by atoms with Crippen LogP contribution >= 0.6 is 46.3 Å². The number of carbonyl (C=O) groups excluding carboxylic acids is 1. The van der Waals surface area contributed by atoms with Crippen LogP contribution in [0.15, 0.2) is 40.9 Å². The first-order valence-electron chi connectivity index (χ1n) is 6.67. The lowest BCUT2D eigenvalue weighted by atomic mass is 10.3. The van der Waals surface area contributed by atoms with Crippen molar-refractivity contribution in [3.8, 4) is 10.7 Å². The SMILES string of the molecule is Nn1c(SCC(=O)Nc2cccc(Cl)c2Cl)nnc1-c1cccs1. The Labute approximate surface area is 155 Å². The molecule has 3 aromatic rings. The maximum atomic E-state index is 12.1. The second kappa shape index (κ2) is 7.43. The Hall–Kier alpha value is -1.74. The lowest BCUT2D eigenvalue weighted by Gasteiger charge is -2.07. The molecule has 10 heteroatoms. The fourth-order valence-corrected chi connectivity index (χ4v) is 3.58. The monoisotopic (exact) mass is 399 g/mol. The van der Waals surface area contributed by atoms with E-state index in [2.05, 4.69) is 15.5 Å². The summed E-state index contributed by atoms with van der Waals surface area (Å²) < 4.78 is 1.37. The first-order valence-corrected chi connectivity index (χ1v) is 9.29. The van der Waals surface area contributed by atoms with Crippen LogP contribution in [-0.2, 0) is 4.79 Å². The lowest BCUT2D eigenvalue weighted by molar-refractivity contribution is -0.113. The number of nitrogen functional groups attached to an aromatic ring is 1. The van der Waals surface area contributed by atoms with Crippen molar-refractivity contribution < 1.29 is 4.79 Å². The van der Waals surface area contributed by atoms with Crippen molar-refractivity contribution >= 4 is 57.9 Å². The number of thioether (sulfide) groups is 1. The molecule has 3 rings (SSSR count). The van der Waals surface area contributed by atoms with Crippen molar-refractivity contribution in [1.82, 2.24) is 14.9 Å². The van der Waals surface area contributed by atoms with Gasteiger partial charge in [-0.05, 0) is 23.6 Å². The van der Waals surface area contributed by atoms with Crippen LogP contribution in [0.25, 0.3) is 10.7 Å². The maximum Gasteiger partial charge on any atom is 0.234 e. The number of hydrogen-bond donors (Lipinski definition) is 2. The number of halogens is 2. The molecule has 124 valence electrons. The van der Waals surface area contributed by atoms with Crippen molar-refractivity contribution in [2.75, 3.05) is 16.9 Å². The third-order valence-electron chi connectivity index (χ3n) is 2.96. The summed E-state index contributed by atoms with van der Waals surface area (Å²) >= 11 is 14.7.